The van der Waals surface area contributed by atoms with E-state index in [0.717, 1.165) is 6.08 Å². The van der Waals surface area contributed by atoms with Crippen LogP contribution in [0.3, 0.4) is 0 Å². The lowest BCUT2D eigenvalue weighted by Crippen LogP contribution is -1.99. The molecule has 0 aliphatic rings. The second-order valence-corrected chi connectivity index (χ2v) is 6.14. The van der Waals surface area contributed by atoms with Gasteiger partial charge in [-0.15, -0.1) is 6.58 Å². The topological polar surface area (TPSA) is 109 Å². The normalized spacial score (nSPS) is 11.1. The number of hydrogen-bond donors (Lipinski definition) is 2. The van der Waals surface area contributed by atoms with Crippen molar-refractivity contribution < 1.29 is 25.9 Å². The van der Waals surface area contributed by atoms with E-state index in [1.165, 1.54) is 18.2 Å². The maximum atomic E-state index is 10.7. The Labute approximate surface area is 112 Å². The highest BCUT2D eigenvalue weighted by Gasteiger charge is 2.11. The van der Waals surface area contributed by atoms with Crippen molar-refractivity contribution in [3.05, 3.63) is 49.1 Å². The van der Waals surface area contributed by atoms with Gasteiger partial charge >= 0.3 is 0 Å². The van der Waals surface area contributed by atoms with Crippen molar-refractivity contribution in [3.8, 4) is 0 Å². The van der Waals surface area contributed by atoms with Crippen LogP contribution in [0.2, 0.25) is 0 Å². The van der Waals surface area contributed by atoms with Crippen LogP contribution in [0, 0.1) is 0 Å². The van der Waals surface area contributed by atoms with Crippen LogP contribution in [-0.4, -0.2) is 31.7 Å². The van der Waals surface area contributed by atoms with Crippen LogP contribution in [0.5, 0.6) is 0 Å². The summed E-state index contributed by atoms with van der Waals surface area (Å²) >= 11 is 0. The minimum atomic E-state index is -4.12. The molecule has 0 saturated carbocycles. The monoisotopic (exact) mass is 306 g/mol. The molecule has 0 radical (unpaired) electrons. The second kappa shape index (κ2) is 7.19. The SMILES string of the molecule is C=CCS(=O)(=O)O.C=Cc1ccccc1S(=O)(=O)O. The van der Waals surface area contributed by atoms with E-state index in [1.807, 2.05) is 0 Å². The fraction of sp³-hybridized carbons (Fsp3) is 0.0909. The van der Waals surface area contributed by atoms with Crippen LogP contribution in [0.1, 0.15) is 5.56 Å². The molecule has 2 N–H and O–H groups in total. The first-order chi connectivity index (χ1) is 8.61. The van der Waals surface area contributed by atoms with Crippen LogP contribution in [-0.2, 0) is 20.2 Å². The van der Waals surface area contributed by atoms with Crippen molar-refractivity contribution in [1.82, 2.24) is 0 Å². The Morgan fingerprint density at radius 3 is 1.84 bits per heavy atom. The quantitative estimate of drug-likeness (QED) is 0.646. The van der Waals surface area contributed by atoms with Gasteiger partial charge in [-0.05, 0) is 11.6 Å². The third-order valence-electron chi connectivity index (χ3n) is 1.75. The second-order valence-electron chi connectivity index (χ2n) is 3.25. The third kappa shape index (κ3) is 7.52. The van der Waals surface area contributed by atoms with Gasteiger partial charge in [-0.2, -0.15) is 16.8 Å². The van der Waals surface area contributed by atoms with Gasteiger partial charge in [0, 0.05) is 0 Å². The molecule has 0 saturated heterocycles. The molecule has 0 heterocycles. The number of benzene rings is 1. The summed E-state index contributed by atoms with van der Waals surface area (Å²) in [4.78, 5) is -0.111. The standard InChI is InChI=1S/C8H8O3S.C3H6O3S/c1-2-7-5-3-4-6-8(7)12(9,10)11;1-2-3-7(4,5)6/h2-6H,1H2,(H,9,10,11);2H,1,3H2,(H,4,5,6). The minimum Gasteiger partial charge on any atom is -0.285 e. The Hall–Kier alpha value is -1.48. The molecule has 0 bridgehead atoms. The van der Waals surface area contributed by atoms with Crippen LogP contribution < -0.4 is 0 Å². The molecular formula is C11H14O6S2. The van der Waals surface area contributed by atoms with Crippen molar-refractivity contribution in [1.29, 1.82) is 0 Å². The first-order valence-electron chi connectivity index (χ1n) is 4.87. The van der Waals surface area contributed by atoms with E-state index in [9.17, 15) is 16.8 Å². The van der Waals surface area contributed by atoms with Crippen LogP contribution in [0.15, 0.2) is 48.4 Å². The van der Waals surface area contributed by atoms with E-state index >= 15 is 0 Å². The highest BCUT2D eigenvalue weighted by Crippen LogP contribution is 2.15. The fourth-order valence-electron chi connectivity index (χ4n) is 1.03. The van der Waals surface area contributed by atoms with Gasteiger partial charge in [-0.25, -0.2) is 0 Å². The van der Waals surface area contributed by atoms with E-state index in [1.54, 1.807) is 12.1 Å². The molecule has 0 aliphatic heterocycles. The maximum absolute atomic E-state index is 10.7. The first-order valence-corrected chi connectivity index (χ1v) is 7.91. The van der Waals surface area contributed by atoms with E-state index in [2.05, 4.69) is 13.2 Å². The Bertz CT molecular complexity index is 644. The Balaban J connectivity index is 0.000000399. The van der Waals surface area contributed by atoms with Gasteiger partial charge in [0.2, 0.25) is 0 Å². The molecule has 0 aliphatic carbocycles. The van der Waals surface area contributed by atoms with E-state index in [-0.39, 0.29) is 10.6 Å². The molecule has 0 amide bonds. The zero-order valence-electron chi connectivity index (χ0n) is 9.93. The molecule has 1 aromatic carbocycles. The van der Waals surface area contributed by atoms with Gasteiger partial charge in [0.1, 0.15) is 4.90 Å². The average Bonchev–Trinajstić information content (AvgIpc) is 2.27. The maximum Gasteiger partial charge on any atom is 0.295 e. The molecule has 0 spiro atoms. The summed E-state index contributed by atoms with van der Waals surface area (Å²) in [5.41, 5.74) is 0.403. The van der Waals surface area contributed by atoms with Crippen molar-refractivity contribution >= 4 is 26.3 Å². The summed E-state index contributed by atoms with van der Waals surface area (Å²) in [6, 6.07) is 6.10. The molecule has 0 fully saturated rings. The van der Waals surface area contributed by atoms with E-state index < -0.39 is 20.2 Å². The zero-order valence-corrected chi connectivity index (χ0v) is 11.6. The largest absolute Gasteiger partial charge is 0.295 e. The van der Waals surface area contributed by atoms with Crippen molar-refractivity contribution in [2.24, 2.45) is 0 Å². The molecule has 19 heavy (non-hydrogen) atoms. The Morgan fingerprint density at radius 1 is 1.05 bits per heavy atom. The first kappa shape index (κ1) is 17.5. The summed E-state index contributed by atoms with van der Waals surface area (Å²) in [6.45, 7) is 6.54. The molecule has 6 nitrogen and oxygen atoms in total. The molecule has 1 aromatic rings. The lowest BCUT2D eigenvalue weighted by Gasteiger charge is -2.00. The highest BCUT2D eigenvalue weighted by molar-refractivity contribution is 7.86. The summed E-state index contributed by atoms with van der Waals surface area (Å²) in [5, 5.41) is 0. The Kier molecular flexibility index (Phi) is 6.63. The van der Waals surface area contributed by atoms with Gasteiger partial charge in [0.15, 0.2) is 0 Å². The van der Waals surface area contributed by atoms with Crippen LogP contribution in [0.25, 0.3) is 6.08 Å². The summed E-state index contributed by atoms with van der Waals surface area (Å²) in [5.74, 6) is -0.368. The van der Waals surface area contributed by atoms with E-state index in [4.69, 9.17) is 9.11 Å². The summed E-state index contributed by atoms with van der Waals surface area (Å²) in [6.07, 6.45) is 2.50. The lowest BCUT2D eigenvalue weighted by molar-refractivity contribution is 0.482. The molecular weight excluding hydrogens is 292 g/mol. The smallest absolute Gasteiger partial charge is 0.285 e. The fourth-order valence-corrected chi connectivity index (χ4v) is 2.03. The average molecular weight is 306 g/mol. The molecule has 106 valence electrons. The highest BCUT2D eigenvalue weighted by atomic mass is 32.2. The predicted molar refractivity (Wildman–Crippen MR) is 73.0 cm³/mol. The molecule has 0 aromatic heterocycles. The predicted octanol–water partition coefficient (Wildman–Crippen LogP) is 1.64. The molecule has 0 unspecified atom stereocenters. The van der Waals surface area contributed by atoms with Crippen molar-refractivity contribution in [2.45, 2.75) is 4.90 Å². The lowest BCUT2D eigenvalue weighted by atomic mass is 10.2. The summed E-state index contributed by atoms with van der Waals surface area (Å²) < 4.78 is 57.5. The van der Waals surface area contributed by atoms with Crippen LogP contribution >= 0.6 is 0 Å². The third-order valence-corrected chi connectivity index (χ3v) is 3.33. The van der Waals surface area contributed by atoms with Gasteiger partial charge in [-0.3, -0.25) is 9.11 Å². The van der Waals surface area contributed by atoms with Gasteiger partial charge in [-0.1, -0.05) is 36.9 Å². The van der Waals surface area contributed by atoms with Crippen molar-refractivity contribution in [2.75, 3.05) is 5.75 Å². The van der Waals surface area contributed by atoms with Gasteiger partial charge in [0.05, 0.1) is 5.75 Å². The van der Waals surface area contributed by atoms with E-state index in [0.29, 0.717) is 5.56 Å². The minimum absolute atomic E-state index is 0.111. The molecule has 1 rings (SSSR count). The van der Waals surface area contributed by atoms with Gasteiger partial charge in [0.25, 0.3) is 20.2 Å². The number of hydrogen-bond acceptors (Lipinski definition) is 4. The van der Waals surface area contributed by atoms with Crippen LogP contribution in [0.4, 0.5) is 0 Å². The van der Waals surface area contributed by atoms with Crippen molar-refractivity contribution in [3.63, 3.8) is 0 Å². The summed E-state index contributed by atoms with van der Waals surface area (Å²) in [7, 11) is -7.91. The zero-order chi connectivity index (χ0) is 15.1. The Morgan fingerprint density at radius 2 is 1.58 bits per heavy atom. The van der Waals surface area contributed by atoms with Gasteiger partial charge < -0.3 is 0 Å². The molecule has 0 atom stereocenters. The molecule has 8 heteroatoms. The number of rotatable bonds is 4.